The minimum atomic E-state index is -1.09. The summed E-state index contributed by atoms with van der Waals surface area (Å²) in [5.74, 6) is -1.70. The van der Waals surface area contributed by atoms with Crippen LogP contribution in [0.15, 0.2) is 72.8 Å². The third-order valence-corrected chi connectivity index (χ3v) is 9.06. The van der Waals surface area contributed by atoms with Gasteiger partial charge < -0.3 is 29.5 Å². The zero-order valence-corrected chi connectivity index (χ0v) is 33.0. The number of hydrogen-bond donors (Lipinski definition) is 5. The van der Waals surface area contributed by atoms with Crippen molar-refractivity contribution in [2.45, 2.75) is 44.3 Å². The van der Waals surface area contributed by atoms with E-state index in [0.29, 0.717) is 37.3 Å². The van der Waals surface area contributed by atoms with Gasteiger partial charge in [0.1, 0.15) is 11.8 Å². The summed E-state index contributed by atoms with van der Waals surface area (Å²) in [6, 6.07) is 18.3. The van der Waals surface area contributed by atoms with Gasteiger partial charge in [-0.3, -0.25) is 9.59 Å². The van der Waals surface area contributed by atoms with Gasteiger partial charge in [-0.05, 0) is 29.7 Å². The number of amides is 5. The van der Waals surface area contributed by atoms with E-state index in [4.69, 9.17) is 14.6 Å². The number of aliphatic hydroxyl groups excluding tert-OH is 1. The molecule has 302 valence electrons. The molecule has 0 aliphatic rings. The molecule has 56 heavy (non-hydrogen) atoms. The van der Waals surface area contributed by atoms with E-state index in [0.717, 1.165) is 18.2 Å². The molecule has 0 aliphatic heterocycles. The Kier molecular flexibility index (Phi) is 19.6. The van der Waals surface area contributed by atoms with Gasteiger partial charge in [-0.25, -0.2) is 0 Å². The number of aliphatic hydroxyl groups is 1. The molecule has 5 N–H and O–H groups in total. The summed E-state index contributed by atoms with van der Waals surface area (Å²) in [7, 11) is 8.93. The van der Waals surface area contributed by atoms with Crippen molar-refractivity contribution in [2.75, 3.05) is 62.1 Å². The SMILES string of the molecule is CO.COc1ccc(C[C@@H](C(=O)NCC(=O)N(C)[C@@H](Cc2ccccc2)C(=O)N(C)CCc2ccc(O)c(OC)c2)N(C)C(=O)CNC(=O)C(C)NB=O)cc1. The summed E-state index contributed by atoms with van der Waals surface area (Å²) in [5, 5.41) is 24.3. The molecule has 5 amide bonds. The van der Waals surface area contributed by atoms with Crippen LogP contribution < -0.4 is 25.3 Å². The number of nitrogens with zero attached hydrogens (tertiary/aromatic N) is 3. The van der Waals surface area contributed by atoms with Crippen LogP contribution >= 0.6 is 0 Å². The average Bonchev–Trinajstić information content (AvgIpc) is 3.22. The molecule has 0 spiro atoms. The van der Waals surface area contributed by atoms with Gasteiger partial charge in [-0.15, -0.1) is 0 Å². The Morgan fingerprint density at radius 1 is 0.732 bits per heavy atom. The van der Waals surface area contributed by atoms with E-state index in [1.54, 1.807) is 43.4 Å². The van der Waals surface area contributed by atoms with Crippen molar-refractivity contribution in [3.63, 3.8) is 0 Å². The summed E-state index contributed by atoms with van der Waals surface area (Å²) < 4.78 is 21.1. The van der Waals surface area contributed by atoms with E-state index in [1.165, 1.54) is 56.0 Å². The number of ether oxygens (including phenoxy) is 2. The number of aromatic hydroxyl groups is 1. The van der Waals surface area contributed by atoms with Gasteiger partial charge >= 0.3 is 146 Å². The summed E-state index contributed by atoms with van der Waals surface area (Å²) >= 11 is 0. The van der Waals surface area contributed by atoms with Gasteiger partial charge in [0.05, 0.1) is 14.2 Å². The fraction of sp³-hybridized carbons (Fsp3) is 0.410. The Balaban J connectivity index is 0.00000532. The third kappa shape index (κ3) is 14.0. The van der Waals surface area contributed by atoms with E-state index in [-0.39, 0.29) is 24.5 Å². The van der Waals surface area contributed by atoms with Crippen molar-refractivity contribution >= 4 is 36.8 Å². The maximum absolute atomic E-state index is 13.9. The van der Waals surface area contributed by atoms with Crippen LogP contribution in [0, 0.1) is 0 Å². The Hall–Kier alpha value is -5.97. The molecular formula is C39H53BN6O10. The Labute approximate surface area is 328 Å². The van der Waals surface area contributed by atoms with Crippen molar-refractivity contribution in [1.82, 2.24) is 30.6 Å². The monoisotopic (exact) mass is 776 g/mol. The second kappa shape index (κ2) is 23.7. The molecule has 0 saturated heterocycles. The number of nitrogens with one attached hydrogen (secondary N) is 3. The van der Waals surface area contributed by atoms with Crippen molar-refractivity contribution in [3.05, 3.63) is 89.5 Å². The molecule has 0 aromatic heterocycles. The molecule has 0 saturated carbocycles. The first-order valence-electron chi connectivity index (χ1n) is 17.8. The molecule has 1 unspecified atom stereocenters. The fourth-order valence-electron chi connectivity index (χ4n) is 5.53. The predicted molar refractivity (Wildman–Crippen MR) is 209 cm³/mol. The number of phenolic OH excluding ortho intramolecular Hbond substituents is 1. The molecule has 16 nitrogen and oxygen atoms in total. The number of carbonyl (C=O) groups excluding carboxylic acids is 5. The van der Waals surface area contributed by atoms with Gasteiger partial charge in [0.25, 0.3) is 0 Å². The molecule has 3 atom stereocenters. The van der Waals surface area contributed by atoms with Gasteiger partial charge in [-0.1, -0.05) is 36.4 Å². The quantitative estimate of drug-likeness (QED) is 0.0990. The van der Waals surface area contributed by atoms with E-state index in [9.17, 15) is 33.8 Å². The number of methoxy groups -OCH3 is 2. The molecule has 3 aromatic carbocycles. The number of phenols is 1. The van der Waals surface area contributed by atoms with Crippen LogP contribution in [0.1, 0.15) is 23.6 Å². The van der Waals surface area contributed by atoms with Gasteiger partial charge in [0.2, 0.25) is 5.91 Å². The second-order valence-electron chi connectivity index (χ2n) is 12.7. The molecule has 0 bridgehead atoms. The number of likely N-dealkylation sites (N-methyl/N-ethyl adjacent to an activating group) is 3. The minimum absolute atomic E-state index is 0.00877. The molecular weight excluding hydrogens is 723 g/mol. The molecule has 0 heterocycles. The topological polar surface area (TPSA) is 207 Å². The van der Waals surface area contributed by atoms with Gasteiger partial charge in [-0.2, -0.15) is 0 Å². The number of benzene rings is 3. The number of hydrogen-bond acceptors (Lipinski definition) is 10. The van der Waals surface area contributed by atoms with Crippen LogP contribution in [0.5, 0.6) is 17.2 Å². The first-order chi connectivity index (χ1) is 26.8. The van der Waals surface area contributed by atoms with Gasteiger partial charge in [0, 0.05) is 34.2 Å². The van der Waals surface area contributed by atoms with E-state index >= 15 is 0 Å². The first-order valence-corrected chi connectivity index (χ1v) is 17.8. The third-order valence-electron chi connectivity index (χ3n) is 9.06. The van der Waals surface area contributed by atoms with Crippen LogP contribution in [0.4, 0.5) is 0 Å². The molecule has 17 heteroatoms. The normalized spacial score (nSPS) is 11.9. The summed E-state index contributed by atoms with van der Waals surface area (Å²) in [5.41, 5.74) is 2.38. The predicted octanol–water partition coefficient (Wildman–Crippen LogP) is 0.333. The summed E-state index contributed by atoms with van der Waals surface area (Å²) in [4.78, 5) is 70.8. The van der Waals surface area contributed by atoms with Crippen molar-refractivity contribution in [1.29, 1.82) is 0 Å². The molecule has 0 radical (unpaired) electrons. The molecule has 0 fully saturated rings. The molecule has 3 rings (SSSR count). The van der Waals surface area contributed by atoms with Crippen molar-refractivity contribution < 1.29 is 48.4 Å². The van der Waals surface area contributed by atoms with E-state index in [1.807, 2.05) is 30.3 Å². The maximum atomic E-state index is 13.9. The van der Waals surface area contributed by atoms with Crippen LogP contribution in [-0.2, 0) is 47.9 Å². The van der Waals surface area contributed by atoms with E-state index < -0.39 is 54.8 Å². The average molecular weight is 777 g/mol. The number of carbonyl (C=O) groups is 5. The zero-order chi connectivity index (χ0) is 41.8. The summed E-state index contributed by atoms with van der Waals surface area (Å²) in [6.07, 6.45) is 0.758. The van der Waals surface area contributed by atoms with Gasteiger partial charge in [0.15, 0.2) is 11.5 Å². The van der Waals surface area contributed by atoms with Crippen LogP contribution in [0.25, 0.3) is 0 Å². The van der Waals surface area contributed by atoms with Crippen molar-refractivity contribution in [2.24, 2.45) is 0 Å². The van der Waals surface area contributed by atoms with Crippen molar-refractivity contribution in [3.8, 4) is 17.2 Å². The molecule has 0 aliphatic carbocycles. The number of rotatable bonds is 20. The summed E-state index contributed by atoms with van der Waals surface area (Å²) in [6.45, 7) is 0.873. The van der Waals surface area contributed by atoms with E-state index in [2.05, 4.69) is 15.9 Å². The van der Waals surface area contributed by atoms with Crippen LogP contribution in [-0.4, -0.2) is 142 Å². The Bertz CT molecular complexity index is 1750. The second-order valence-corrected chi connectivity index (χ2v) is 12.7. The standard InChI is InChI=1S/C38H49BN6O9.CH4O/c1-25(42-39-52)36(49)40-23-34(47)44(3)30(20-27-12-15-29(53-5)16-13-27)37(50)41-24-35(48)45(4)31(21-26-10-8-7-9-11-26)38(51)43(2)19-18-28-14-17-32(46)33(22-28)54-6;1-2/h7-17,22,25,30-31,42,46H,18-21,23-24H2,1-6H3,(H,40,49)(H,41,50);2H,1H3/t25?,30-,31-;/m0./s1. The fourth-order valence-corrected chi connectivity index (χ4v) is 5.53. The van der Waals surface area contributed by atoms with Crippen LogP contribution in [0.2, 0.25) is 0 Å². The Morgan fingerprint density at radius 2 is 1.27 bits per heavy atom. The molecule has 3 aromatic rings. The zero-order valence-electron chi connectivity index (χ0n) is 33.0. The Morgan fingerprint density at radius 3 is 1.84 bits per heavy atom. The first kappa shape index (κ1) is 46.2. The van der Waals surface area contributed by atoms with Crippen LogP contribution in [0.3, 0.4) is 0 Å².